The second-order valence-electron chi connectivity index (χ2n) is 9.66. The molecule has 2 aromatic rings. The molecule has 2 saturated heterocycles. The number of amides is 1. The number of hydrogen-bond acceptors (Lipinski definition) is 4. The average Bonchev–Trinajstić information content (AvgIpc) is 2.84. The molecular weight excluding hydrogens is 398 g/mol. The van der Waals surface area contributed by atoms with Crippen LogP contribution in [0.2, 0.25) is 0 Å². The third-order valence-electron chi connectivity index (χ3n) is 7.48. The topological polar surface area (TPSA) is 36.0 Å². The van der Waals surface area contributed by atoms with Gasteiger partial charge in [-0.2, -0.15) is 0 Å². The quantitative estimate of drug-likeness (QED) is 0.734. The maximum Gasteiger partial charge on any atom is 0.254 e. The minimum atomic E-state index is 0.0991. The van der Waals surface area contributed by atoms with Crippen molar-refractivity contribution in [1.29, 1.82) is 0 Å². The number of hydrogen-bond donors (Lipinski definition) is 0. The standard InChI is InChI=1S/C27H35N3O2/c1-28-14-10-24(11-15-28)29-17-12-25(13-18-29)32-26-8-4-7-22(19-26)27(31)30-16-9-21-5-2-3-6-23(21)20-30/h2-8,19,24-25H,9-18,20H2,1H3. The van der Waals surface area contributed by atoms with Crippen LogP contribution in [0.5, 0.6) is 5.75 Å². The van der Waals surface area contributed by atoms with Gasteiger partial charge in [0, 0.05) is 37.8 Å². The Morgan fingerprint density at radius 3 is 2.41 bits per heavy atom. The Morgan fingerprint density at radius 1 is 0.875 bits per heavy atom. The van der Waals surface area contributed by atoms with Crippen molar-refractivity contribution in [1.82, 2.24) is 14.7 Å². The second-order valence-corrected chi connectivity index (χ2v) is 9.66. The van der Waals surface area contributed by atoms with E-state index in [0.29, 0.717) is 6.54 Å². The average molecular weight is 434 g/mol. The summed E-state index contributed by atoms with van der Waals surface area (Å²) in [5, 5.41) is 0. The molecule has 0 aromatic heterocycles. The molecule has 32 heavy (non-hydrogen) atoms. The molecule has 170 valence electrons. The highest BCUT2D eigenvalue weighted by molar-refractivity contribution is 5.94. The van der Waals surface area contributed by atoms with Crippen molar-refractivity contribution in [2.45, 2.75) is 50.8 Å². The molecule has 0 spiro atoms. The number of benzene rings is 2. The number of carbonyl (C=O) groups is 1. The maximum atomic E-state index is 13.2. The minimum absolute atomic E-state index is 0.0991. The van der Waals surface area contributed by atoms with E-state index in [-0.39, 0.29) is 12.0 Å². The predicted octanol–water partition coefficient (Wildman–Crippen LogP) is 3.82. The minimum Gasteiger partial charge on any atom is -0.490 e. The van der Waals surface area contributed by atoms with Crippen molar-refractivity contribution in [3.8, 4) is 5.75 Å². The SMILES string of the molecule is CN1CCC(N2CCC(Oc3cccc(C(=O)N4CCc5ccccc5C4)c3)CC2)CC1. The molecule has 0 aliphatic carbocycles. The summed E-state index contributed by atoms with van der Waals surface area (Å²) in [4.78, 5) is 20.2. The van der Waals surface area contributed by atoms with Crippen molar-refractivity contribution in [2.24, 2.45) is 0 Å². The predicted molar refractivity (Wildman–Crippen MR) is 127 cm³/mol. The molecule has 0 saturated carbocycles. The molecule has 5 heteroatoms. The largest absolute Gasteiger partial charge is 0.490 e. The molecule has 0 bridgehead atoms. The lowest BCUT2D eigenvalue weighted by molar-refractivity contribution is 0.0524. The van der Waals surface area contributed by atoms with E-state index in [4.69, 9.17) is 4.74 Å². The van der Waals surface area contributed by atoms with E-state index in [1.807, 2.05) is 29.2 Å². The lowest BCUT2D eigenvalue weighted by Crippen LogP contribution is -2.48. The highest BCUT2D eigenvalue weighted by Gasteiger charge is 2.28. The van der Waals surface area contributed by atoms with E-state index in [2.05, 4.69) is 41.1 Å². The summed E-state index contributed by atoms with van der Waals surface area (Å²) in [5.41, 5.74) is 3.35. The molecule has 5 nitrogen and oxygen atoms in total. The van der Waals surface area contributed by atoms with Crippen molar-refractivity contribution < 1.29 is 9.53 Å². The van der Waals surface area contributed by atoms with Gasteiger partial charge in [0.05, 0.1) is 0 Å². The van der Waals surface area contributed by atoms with E-state index in [9.17, 15) is 4.79 Å². The van der Waals surface area contributed by atoms with Gasteiger partial charge in [-0.1, -0.05) is 30.3 Å². The molecule has 1 amide bonds. The van der Waals surface area contributed by atoms with Crippen molar-refractivity contribution in [3.63, 3.8) is 0 Å². The van der Waals surface area contributed by atoms with Crippen LogP contribution in [0.15, 0.2) is 48.5 Å². The molecule has 5 rings (SSSR count). The summed E-state index contributed by atoms with van der Waals surface area (Å²) in [6.07, 6.45) is 5.86. The van der Waals surface area contributed by atoms with Crippen LogP contribution in [0, 0.1) is 0 Å². The fourth-order valence-electron chi connectivity index (χ4n) is 5.47. The van der Waals surface area contributed by atoms with Crippen LogP contribution in [0.3, 0.4) is 0 Å². The summed E-state index contributed by atoms with van der Waals surface area (Å²) < 4.78 is 6.34. The maximum absolute atomic E-state index is 13.2. The van der Waals surface area contributed by atoms with Crippen LogP contribution in [0.4, 0.5) is 0 Å². The third kappa shape index (κ3) is 4.84. The Labute approximate surface area is 191 Å². The Kier molecular flexibility index (Phi) is 6.47. The molecule has 0 radical (unpaired) electrons. The van der Waals surface area contributed by atoms with Gasteiger partial charge in [-0.05, 0) is 81.6 Å². The summed E-state index contributed by atoms with van der Waals surface area (Å²) in [6.45, 7) is 6.12. The lowest BCUT2D eigenvalue weighted by atomic mass is 9.99. The van der Waals surface area contributed by atoms with Crippen LogP contribution in [0.1, 0.15) is 47.2 Å². The fraction of sp³-hybridized carbons (Fsp3) is 0.519. The first kappa shape index (κ1) is 21.5. The Bertz CT molecular complexity index is 930. The monoisotopic (exact) mass is 433 g/mol. The van der Waals surface area contributed by atoms with Gasteiger partial charge < -0.3 is 19.4 Å². The molecule has 2 aromatic carbocycles. The van der Waals surface area contributed by atoms with E-state index < -0.39 is 0 Å². The first-order valence-electron chi connectivity index (χ1n) is 12.2. The van der Waals surface area contributed by atoms with Gasteiger partial charge in [-0.15, -0.1) is 0 Å². The zero-order chi connectivity index (χ0) is 21.9. The number of nitrogens with zero attached hydrogens (tertiary/aromatic N) is 3. The highest BCUT2D eigenvalue weighted by atomic mass is 16.5. The highest BCUT2D eigenvalue weighted by Crippen LogP contribution is 2.25. The number of rotatable bonds is 4. The van der Waals surface area contributed by atoms with Gasteiger partial charge in [-0.25, -0.2) is 0 Å². The van der Waals surface area contributed by atoms with Crippen molar-refractivity contribution in [2.75, 3.05) is 39.8 Å². The summed E-state index contributed by atoms with van der Waals surface area (Å²) >= 11 is 0. The molecule has 2 fully saturated rings. The number of carbonyl (C=O) groups excluding carboxylic acids is 1. The smallest absolute Gasteiger partial charge is 0.254 e. The van der Waals surface area contributed by atoms with Crippen molar-refractivity contribution >= 4 is 5.91 Å². The molecule has 3 heterocycles. The molecule has 0 atom stereocenters. The van der Waals surface area contributed by atoms with Gasteiger partial charge in [0.15, 0.2) is 0 Å². The second kappa shape index (κ2) is 9.63. The third-order valence-corrected chi connectivity index (χ3v) is 7.48. The van der Waals surface area contributed by atoms with E-state index in [0.717, 1.165) is 56.3 Å². The molecule has 0 unspecified atom stereocenters. The van der Waals surface area contributed by atoms with Crippen molar-refractivity contribution in [3.05, 3.63) is 65.2 Å². The van der Waals surface area contributed by atoms with Crippen LogP contribution >= 0.6 is 0 Å². The first-order valence-corrected chi connectivity index (χ1v) is 12.2. The van der Waals surface area contributed by atoms with Gasteiger partial charge in [0.1, 0.15) is 11.9 Å². The number of fused-ring (bicyclic) bond motifs is 1. The normalized spacial score (nSPS) is 21.3. The van der Waals surface area contributed by atoms with Crippen LogP contribution < -0.4 is 4.74 Å². The zero-order valence-electron chi connectivity index (χ0n) is 19.2. The van der Waals surface area contributed by atoms with Crippen LogP contribution in [0.25, 0.3) is 0 Å². The molecule has 0 N–H and O–H groups in total. The van der Waals surface area contributed by atoms with E-state index >= 15 is 0 Å². The number of ether oxygens (including phenoxy) is 1. The van der Waals surface area contributed by atoms with Gasteiger partial charge in [0.2, 0.25) is 0 Å². The van der Waals surface area contributed by atoms with E-state index in [1.165, 1.54) is 37.1 Å². The van der Waals surface area contributed by atoms with Gasteiger partial charge in [0.25, 0.3) is 5.91 Å². The number of piperidine rings is 2. The van der Waals surface area contributed by atoms with Gasteiger partial charge in [-0.3, -0.25) is 4.79 Å². The van der Waals surface area contributed by atoms with Crippen LogP contribution in [-0.2, 0) is 13.0 Å². The molecule has 3 aliphatic rings. The summed E-state index contributed by atoms with van der Waals surface area (Å²) in [6, 6.07) is 17.0. The fourth-order valence-corrected chi connectivity index (χ4v) is 5.47. The lowest BCUT2D eigenvalue weighted by Gasteiger charge is -2.41. The summed E-state index contributed by atoms with van der Waals surface area (Å²) in [5.74, 6) is 0.924. The zero-order valence-corrected chi connectivity index (χ0v) is 19.2. The van der Waals surface area contributed by atoms with Gasteiger partial charge >= 0.3 is 0 Å². The molecular formula is C27H35N3O2. The van der Waals surface area contributed by atoms with Crippen LogP contribution in [-0.4, -0.2) is 72.5 Å². The Balaban J connectivity index is 1.16. The first-order chi connectivity index (χ1) is 15.7. The van der Waals surface area contributed by atoms with E-state index in [1.54, 1.807) is 0 Å². The Hall–Kier alpha value is -2.37. The molecule has 3 aliphatic heterocycles. The summed E-state index contributed by atoms with van der Waals surface area (Å²) in [7, 11) is 2.22. The Morgan fingerprint density at radius 2 is 1.62 bits per heavy atom. The number of likely N-dealkylation sites (tertiary alicyclic amines) is 2.